The second kappa shape index (κ2) is 6.60. The maximum atomic E-state index is 5.17. The fourth-order valence-corrected chi connectivity index (χ4v) is 3.54. The first kappa shape index (κ1) is 15.2. The molecule has 1 aliphatic heterocycles. The molecule has 0 unspecified atom stereocenters. The maximum Gasteiger partial charge on any atom is 0.263 e. The van der Waals surface area contributed by atoms with Crippen LogP contribution in [-0.4, -0.2) is 46.2 Å². The molecule has 120 valence electrons. The van der Waals surface area contributed by atoms with Gasteiger partial charge in [-0.3, -0.25) is 0 Å². The van der Waals surface area contributed by atoms with Crippen molar-refractivity contribution in [3.8, 4) is 0 Å². The number of piperidine rings is 1. The van der Waals surface area contributed by atoms with Crippen LogP contribution in [0.4, 0.5) is 5.82 Å². The summed E-state index contributed by atoms with van der Waals surface area (Å²) in [5.41, 5.74) is 1.38. The van der Waals surface area contributed by atoms with Gasteiger partial charge in [-0.15, -0.1) is 0 Å². The van der Waals surface area contributed by atoms with Crippen LogP contribution in [0, 0.1) is 18.8 Å². The van der Waals surface area contributed by atoms with Gasteiger partial charge in [0.15, 0.2) is 0 Å². The highest BCUT2D eigenvalue weighted by Crippen LogP contribution is 2.23. The van der Waals surface area contributed by atoms with E-state index in [0.717, 1.165) is 48.2 Å². The lowest BCUT2D eigenvalue weighted by Gasteiger charge is -2.34. The topological polar surface area (TPSA) is 67.1 Å². The molecule has 1 saturated heterocycles. The Hall–Kier alpha value is -1.69. The lowest BCUT2D eigenvalue weighted by molar-refractivity contribution is 0.141. The Morgan fingerprint density at radius 2 is 2.05 bits per heavy atom. The summed E-state index contributed by atoms with van der Waals surface area (Å²) in [6.07, 6.45) is 3.99. The van der Waals surface area contributed by atoms with Gasteiger partial charge in [-0.1, -0.05) is 19.0 Å². The molecule has 1 fully saturated rings. The minimum Gasteiger partial charge on any atom is -0.369 e. The molecule has 0 spiro atoms. The van der Waals surface area contributed by atoms with Crippen molar-refractivity contribution in [1.29, 1.82) is 0 Å². The summed E-state index contributed by atoms with van der Waals surface area (Å²) in [6.45, 7) is 11.1. The Kier molecular flexibility index (Phi) is 4.57. The predicted octanol–water partition coefficient (Wildman–Crippen LogP) is 2.71. The molecule has 2 aromatic heterocycles. The van der Waals surface area contributed by atoms with Crippen LogP contribution in [0.5, 0.6) is 0 Å². The van der Waals surface area contributed by atoms with Crippen molar-refractivity contribution >= 4 is 16.9 Å². The smallest absolute Gasteiger partial charge is 0.263 e. The summed E-state index contributed by atoms with van der Waals surface area (Å²) in [7, 11) is 0. The Bertz CT molecular complexity index is 616. The van der Waals surface area contributed by atoms with Crippen LogP contribution < -0.4 is 5.32 Å². The lowest BCUT2D eigenvalue weighted by Crippen LogP contribution is -2.39. The summed E-state index contributed by atoms with van der Waals surface area (Å²) < 4.78 is 5.17. The fraction of sp³-hybridized carbons (Fsp3) is 0.688. The van der Waals surface area contributed by atoms with Crippen molar-refractivity contribution in [1.82, 2.24) is 20.0 Å². The highest BCUT2D eigenvalue weighted by molar-refractivity contribution is 5.87. The van der Waals surface area contributed by atoms with E-state index in [1.165, 1.54) is 25.8 Å². The van der Waals surface area contributed by atoms with Crippen molar-refractivity contribution < 1.29 is 4.52 Å². The standard InChI is InChI=1S/C16H25N5O/c1-11-7-12(2)9-21(8-11)6-4-5-17-15-14-13(3)20-22-16(14)19-10-18-15/h10-12H,4-9H2,1-3H3,(H,17,18,19)/t11-,12+. The first-order chi connectivity index (χ1) is 10.6. The molecule has 1 N–H and O–H groups in total. The predicted molar refractivity (Wildman–Crippen MR) is 86.8 cm³/mol. The molecule has 3 heterocycles. The van der Waals surface area contributed by atoms with Crippen molar-refractivity contribution in [3.05, 3.63) is 12.0 Å². The highest BCUT2D eigenvalue weighted by Gasteiger charge is 2.21. The van der Waals surface area contributed by atoms with E-state index in [-0.39, 0.29) is 0 Å². The minimum absolute atomic E-state index is 0.550. The second-order valence-electron chi connectivity index (χ2n) is 6.66. The molecule has 6 heteroatoms. The maximum absolute atomic E-state index is 5.17. The second-order valence-corrected chi connectivity index (χ2v) is 6.66. The number of rotatable bonds is 5. The Morgan fingerprint density at radius 3 is 2.82 bits per heavy atom. The van der Waals surface area contributed by atoms with Crippen LogP contribution in [0.25, 0.3) is 11.1 Å². The largest absolute Gasteiger partial charge is 0.369 e. The van der Waals surface area contributed by atoms with Gasteiger partial charge in [-0.25, -0.2) is 4.98 Å². The summed E-state index contributed by atoms with van der Waals surface area (Å²) >= 11 is 0. The Morgan fingerprint density at radius 1 is 1.27 bits per heavy atom. The fourth-order valence-electron chi connectivity index (χ4n) is 3.54. The summed E-state index contributed by atoms with van der Waals surface area (Å²) in [5.74, 6) is 2.46. The van der Waals surface area contributed by atoms with Gasteiger partial charge in [0.05, 0.1) is 5.69 Å². The van der Waals surface area contributed by atoms with E-state index in [2.05, 4.69) is 39.2 Å². The third-order valence-corrected chi connectivity index (χ3v) is 4.33. The molecule has 2 atom stereocenters. The number of aromatic nitrogens is 3. The van der Waals surface area contributed by atoms with Crippen LogP contribution in [0.1, 0.15) is 32.4 Å². The van der Waals surface area contributed by atoms with Gasteiger partial charge >= 0.3 is 0 Å². The molecule has 22 heavy (non-hydrogen) atoms. The van der Waals surface area contributed by atoms with Crippen molar-refractivity contribution in [3.63, 3.8) is 0 Å². The Balaban J connectivity index is 1.51. The van der Waals surface area contributed by atoms with E-state index in [1.54, 1.807) is 0 Å². The zero-order valence-corrected chi connectivity index (χ0v) is 13.7. The molecule has 0 amide bonds. The number of nitrogens with one attached hydrogen (secondary N) is 1. The SMILES string of the molecule is Cc1noc2ncnc(NCCCN3C[C@H](C)C[C@H](C)C3)c12. The van der Waals surface area contributed by atoms with Gasteiger partial charge in [0.2, 0.25) is 0 Å². The van der Waals surface area contributed by atoms with Crippen LogP contribution >= 0.6 is 0 Å². The highest BCUT2D eigenvalue weighted by atomic mass is 16.5. The van der Waals surface area contributed by atoms with Gasteiger partial charge in [0.25, 0.3) is 5.71 Å². The number of anilines is 1. The number of fused-ring (bicyclic) bond motifs is 1. The minimum atomic E-state index is 0.550. The quantitative estimate of drug-likeness (QED) is 0.857. The van der Waals surface area contributed by atoms with Crippen LogP contribution in [-0.2, 0) is 0 Å². The van der Waals surface area contributed by atoms with E-state index in [0.29, 0.717) is 5.71 Å². The van der Waals surface area contributed by atoms with Crippen LogP contribution in [0.3, 0.4) is 0 Å². The number of likely N-dealkylation sites (tertiary alicyclic amines) is 1. The first-order valence-electron chi connectivity index (χ1n) is 8.16. The van der Waals surface area contributed by atoms with Gasteiger partial charge in [-0.05, 0) is 38.1 Å². The molecule has 0 saturated carbocycles. The average molecular weight is 303 g/mol. The van der Waals surface area contributed by atoms with E-state index in [9.17, 15) is 0 Å². The van der Waals surface area contributed by atoms with E-state index >= 15 is 0 Å². The zero-order chi connectivity index (χ0) is 15.5. The third-order valence-electron chi connectivity index (χ3n) is 4.33. The molecule has 0 aromatic carbocycles. The molecule has 3 rings (SSSR count). The van der Waals surface area contributed by atoms with Crippen LogP contribution in [0.15, 0.2) is 10.9 Å². The van der Waals surface area contributed by atoms with Crippen molar-refractivity contribution in [2.24, 2.45) is 11.8 Å². The number of hydrogen-bond acceptors (Lipinski definition) is 6. The van der Waals surface area contributed by atoms with E-state index < -0.39 is 0 Å². The van der Waals surface area contributed by atoms with Crippen molar-refractivity contribution in [2.75, 3.05) is 31.5 Å². The average Bonchev–Trinajstić information content (AvgIpc) is 2.85. The molecule has 1 aliphatic rings. The normalized spacial score (nSPS) is 23.0. The van der Waals surface area contributed by atoms with Gasteiger partial charge in [-0.2, -0.15) is 4.98 Å². The van der Waals surface area contributed by atoms with Crippen LogP contribution in [0.2, 0.25) is 0 Å². The number of hydrogen-bond donors (Lipinski definition) is 1. The molecular formula is C16H25N5O. The molecule has 0 aliphatic carbocycles. The van der Waals surface area contributed by atoms with Crippen molar-refractivity contribution in [2.45, 2.75) is 33.6 Å². The zero-order valence-electron chi connectivity index (χ0n) is 13.7. The molecule has 6 nitrogen and oxygen atoms in total. The van der Waals surface area contributed by atoms with Gasteiger partial charge in [0.1, 0.15) is 17.5 Å². The molecule has 0 bridgehead atoms. The monoisotopic (exact) mass is 303 g/mol. The van der Waals surface area contributed by atoms with E-state index in [4.69, 9.17) is 4.52 Å². The summed E-state index contributed by atoms with van der Waals surface area (Å²) in [4.78, 5) is 11.0. The number of nitrogens with zero attached hydrogens (tertiary/aromatic N) is 4. The Labute approximate surface area is 131 Å². The first-order valence-corrected chi connectivity index (χ1v) is 8.16. The summed E-state index contributed by atoms with van der Waals surface area (Å²) in [6, 6.07) is 0. The summed E-state index contributed by atoms with van der Waals surface area (Å²) in [5, 5.41) is 8.24. The van der Waals surface area contributed by atoms with Gasteiger partial charge < -0.3 is 14.7 Å². The molecular weight excluding hydrogens is 278 g/mol. The molecule has 0 radical (unpaired) electrons. The third kappa shape index (κ3) is 3.38. The number of aryl methyl sites for hydroxylation is 1. The van der Waals surface area contributed by atoms with E-state index in [1.807, 2.05) is 6.92 Å². The van der Waals surface area contributed by atoms with Gasteiger partial charge in [0, 0.05) is 19.6 Å². The molecule has 2 aromatic rings. The lowest BCUT2D eigenvalue weighted by atomic mass is 9.92.